The summed E-state index contributed by atoms with van der Waals surface area (Å²) in [5, 5.41) is 0. The van der Waals surface area contributed by atoms with Crippen LogP contribution >= 0.6 is 0 Å². The van der Waals surface area contributed by atoms with Crippen LogP contribution in [0.5, 0.6) is 0 Å². The number of hydrogen-bond acceptors (Lipinski definition) is 2. The van der Waals surface area contributed by atoms with E-state index in [1.165, 1.54) is 11.1 Å². The minimum absolute atomic E-state index is 0.0307. The highest BCUT2D eigenvalue weighted by atomic mass is 16.5. The second-order valence-electron chi connectivity index (χ2n) is 4.06. The lowest BCUT2D eigenvalue weighted by molar-refractivity contribution is -0.153. The topological polar surface area (TPSA) is 26.3 Å². The molecular formula is C12H20O2. The van der Waals surface area contributed by atoms with Crippen LogP contribution in [0.15, 0.2) is 11.1 Å². The van der Waals surface area contributed by atoms with Crippen LogP contribution in [0.4, 0.5) is 0 Å². The van der Waals surface area contributed by atoms with Crippen molar-refractivity contribution in [1.29, 1.82) is 0 Å². The Bertz CT molecular complexity index is 265. The molecule has 2 heteroatoms. The molecule has 0 saturated heterocycles. The van der Waals surface area contributed by atoms with Crippen LogP contribution in [0, 0.1) is 5.41 Å². The maximum Gasteiger partial charge on any atom is 0.316 e. The first-order valence-corrected chi connectivity index (χ1v) is 5.42. The van der Waals surface area contributed by atoms with Crippen molar-refractivity contribution in [3.63, 3.8) is 0 Å². The molecule has 1 atom stereocenters. The second kappa shape index (κ2) is 4.16. The highest BCUT2D eigenvalue weighted by Gasteiger charge is 2.43. The lowest BCUT2D eigenvalue weighted by atomic mass is 9.79. The van der Waals surface area contributed by atoms with Crippen molar-refractivity contribution < 1.29 is 9.53 Å². The van der Waals surface area contributed by atoms with E-state index in [9.17, 15) is 4.79 Å². The third-order valence-electron chi connectivity index (χ3n) is 3.55. The summed E-state index contributed by atoms with van der Waals surface area (Å²) in [6.45, 7) is 8.60. The molecule has 80 valence electrons. The van der Waals surface area contributed by atoms with E-state index in [-0.39, 0.29) is 11.4 Å². The van der Waals surface area contributed by atoms with Crippen LogP contribution in [-0.4, -0.2) is 12.6 Å². The van der Waals surface area contributed by atoms with Gasteiger partial charge in [-0.05, 0) is 40.0 Å². The zero-order chi connectivity index (χ0) is 10.8. The number of ether oxygens (including phenoxy) is 1. The number of rotatable bonds is 3. The van der Waals surface area contributed by atoms with E-state index in [1.54, 1.807) is 0 Å². The van der Waals surface area contributed by atoms with Gasteiger partial charge in [0.2, 0.25) is 0 Å². The van der Waals surface area contributed by atoms with Gasteiger partial charge in [0.05, 0.1) is 12.0 Å². The Balaban J connectivity index is 2.94. The molecule has 1 rings (SSSR count). The van der Waals surface area contributed by atoms with E-state index in [4.69, 9.17) is 4.74 Å². The van der Waals surface area contributed by atoms with E-state index in [2.05, 4.69) is 20.8 Å². The summed E-state index contributed by atoms with van der Waals surface area (Å²) in [5.74, 6) is -0.0307. The van der Waals surface area contributed by atoms with Crippen molar-refractivity contribution in [2.45, 2.75) is 47.0 Å². The fourth-order valence-electron chi connectivity index (χ4n) is 2.30. The fraction of sp³-hybridized carbons (Fsp3) is 0.750. The van der Waals surface area contributed by atoms with Crippen molar-refractivity contribution in [3.8, 4) is 0 Å². The lowest BCUT2D eigenvalue weighted by Crippen LogP contribution is -2.31. The Morgan fingerprint density at radius 3 is 2.43 bits per heavy atom. The normalized spacial score (nSPS) is 26.9. The summed E-state index contributed by atoms with van der Waals surface area (Å²) in [4.78, 5) is 11.9. The van der Waals surface area contributed by atoms with Gasteiger partial charge < -0.3 is 4.74 Å². The van der Waals surface area contributed by atoms with Crippen LogP contribution in [0.25, 0.3) is 0 Å². The summed E-state index contributed by atoms with van der Waals surface area (Å²) < 4.78 is 5.17. The van der Waals surface area contributed by atoms with Gasteiger partial charge in [0.15, 0.2) is 0 Å². The molecule has 0 aromatic heterocycles. The average molecular weight is 196 g/mol. The van der Waals surface area contributed by atoms with Crippen molar-refractivity contribution in [3.05, 3.63) is 11.1 Å². The standard InChI is InChI=1S/C12H20O2/c1-5-12(11(13)14-6-2)8-7-9(3)10(12)4/h5-8H2,1-4H3. The molecule has 0 saturated carbocycles. The van der Waals surface area contributed by atoms with Crippen molar-refractivity contribution in [2.24, 2.45) is 5.41 Å². The highest BCUT2D eigenvalue weighted by molar-refractivity contribution is 5.81. The minimum atomic E-state index is -0.305. The number of esters is 1. The predicted octanol–water partition coefficient (Wildman–Crippen LogP) is 3.08. The zero-order valence-corrected chi connectivity index (χ0v) is 9.64. The summed E-state index contributed by atoms with van der Waals surface area (Å²) >= 11 is 0. The largest absolute Gasteiger partial charge is 0.465 e. The zero-order valence-electron chi connectivity index (χ0n) is 9.64. The van der Waals surface area contributed by atoms with Gasteiger partial charge in [-0.25, -0.2) is 0 Å². The Morgan fingerprint density at radius 1 is 1.43 bits per heavy atom. The Labute approximate surface area is 86.3 Å². The van der Waals surface area contributed by atoms with Crippen molar-refractivity contribution in [2.75, 3.05) is 6.61 Å². The molecule has 0 bridgehead atoms. The minimum Gasteiger partial charge on any atom is -0.465 e. The maximum atomic E-state index is 11.9. The summed E-state index contributed by atoms with van der Waals surface area (Å²) in [6.07, 6.45) is 2.83. The number of hydrogen-bond donors (Lipinski definition) is 0. The maximum absolute atomic E-state index is 11.9. The number of carbonyl (C=O) groups is 1. The molecule has 1 aliphatic rings. The van der Waals surface area contributed by atoms with Crippen LogP contribution in [0.3, 0.4) is 0 Å². The van der Waals surface area contributed by atoms with Crippen molar-refractivity contribution >= 4 is 5.97 Å². The lowest BCUT2D eigenvalue weighted by Gasteiger charge is -2.27. The van der Waals surface area contributed by atoms with Crippen LogP contribution in [-0.2, 0) is 9.53 Å². The van der Waals surface area contributed by atoms with E-state index < -0.39 is 0 Å². The molecule has 0 aromatic carbocycles. The van der Waals surface area contributed by atoms with Gasteiger partial charge in [-0.3, -0.25) is 4.79 Å². The van der Waals surface area contributed by atoms with Gasteiger partial charge >= 0.3 is 5.97 Å². The number of allylic oxidation sites excluding steroid dienone is 1. The van der Waals surface area contributed by atoms with Gasteiger partial charge in [0.1, 0.15) is 0 Å². The highest BCUT2D eigenvalue weighted by Crippen LogP contribution is 2.46. The van der Waals surface area contributed by atoms with E-state index in [1.807, 2.05) is 6.92 Å². The molecule has 0 fully saturated rings. The van der Waals surface area contributed by atoms with Gasteiger partial charge in [-0.1, -0.05) is 18.1 Å². The van der Waals surface area contributed by atoms with Crippen LogP contribution in [0.2, 0.25) is 0 Å². The molecule has 1 unspecified atom stereocenters. The number of carbonyl (C=O) groups excluding carboxylic acids is 1. The molecule has 0 N–H and O–H groups in total. The SMILES string of the molecule is CCOC(=O)C1(CC)CCC(C)=C1C. The molecule has 0 amide bonds. The van der Waals surface area contributed by atoms with Crippen LogP contribution < -0.4 is 0 Å². The third-order valence-corrected chi connectivity index (χ3v) is 3.55. The molecule has 2 nitrogen and oxygen atoms in total. The third kappa shape index (κ3) is 1.58. The molecule has 1 aliphatic carbocycles. The molecule has 0 spiro atoms. The van der Waals surface area contributed by atoms with E-state index >= 15 is 0 Å². The molecule has 0 aliphatic heterocycles. The fourth-order valence-corrected chi connectivity index (χ4v) is 2.30. The second-order valence-corrected chi connectivity index (χ2v) is 4.06. The molecular weight excluding hydrogens is 176 g/mol. The molecule has 14 heavy (non-hydrogen) atoms. The first kappa shape index (κ1) is 11.3. The van der Waals surface area contributed by atoms with Crippen molar-refractivity contribution in [1.82, 2.24) is 0 Å². The summed E-state index contributed by atoms with van der Waals surface area (Å²) in [5.41, 5.74) is 2.29. The first-order chi connectivity index (χ1) is 6.58. The van der Waals surface area contributed by atoms with Gasteiger partial charge in [-0.2, -0.15) is 0 Å². The summed E-state index contributed by atoms with van der Waals surface area (Å²) in [6, 6.07) is 0. The smallest absolute Gasteiger partial charge is 0.316 e. The van der Waals surface area contributed by atoms with Crippen LogP contribution in [0.1, 0.15) is 47.0 Å². The van der Waals surface area contributed by atoms with Gasteiger partial charge in [0, 0.05) is 0 Å². The molecule has 0 radical (unpaired) electrons. The van der Waals surface area contributed by atoms with Gasteiger partial charge in [-0.15, -0.1) is 0 Å². The molecule has 0 aromatic rings. The molecule has 0 heterocycles. The first-order valence-electron chi connectivity index (χ1n) is 5.42. The van der Waals surface area contributed by atoms with E-state index in [0.717, 1.165) is 19.3 Å². The Hall–Kier alpha value is -0.790. The Morgan fingerprint density at radius 2 is 2.07 bits per heavy atom. The average Bonchev–Trinajstić information content (AvgIpc) is 2.46. The quantitative estimate of drug-likeness (QED) is 0.512. The van der Waals surface area contributed by atoms with E-state index in [0.29, 0.717) is 6.61 Å². The van der Waals surface area contributed by atoms with Gasteiger partial charge in [0.25, 0.3) is 0 Å². The Kier molecular flexibility index (Phi) is 3.35. The summed E-state index contributed by atoms with van der Waals surface area (Å²) in [7, 11) is 0. The monoisotopic (exact) mass is 196 g/mol. The predicted molar refractivity (Wildman–Crippen MR) is 57.0 cm³/mol.